The number of hydrogen-bond donors (Lipinski definition) is 0. The Labute approximate surface area is 376 Å². The maximum Gasteiger partial charge on any atom is 0.0542 e. The van der Waals surface area contributed by atoms with Crippen molar-refractivity contribution in [1.82, 2.24) is 4.57 Å². The smallest absolute Gasteiger partial charge is 0.0542 e. The number of fused-ring (bicyclic) bond motifs is 6. The molecular weight excluding hydrogens is 795 g/mol. The summed E-state index contributed by atoms with van der Waals surface area (Å²) in [5.74, 6) is 0. The molecule has 0 saturated carbocycles. The van der Waals surface area contributed by atoms with Crippen molar-refractivity contribution in [2.24, 2.45) is 0 Å². The van der Waals surface area contributed by atoms with Gasteiger partial charge in [-0.25, -0.2) is 0 Å². The van der Waals surface area contributed by atoms with Gasteiger partial charge in [0.1, 0.15) is 0 Å². The van der Waals surface area contributed by atoms with E-state index in [1.54, 1.807) is 0 Å². The zero-order valence-electron chi connectivity index (χ0n) is 34.9. The average molecular weight is 836 g/mol. The van der Waals surface area contributed by atoms with Gasteiger partial charge >= 0.3 is 0 Å². The third-order valence-corrected chi connectivity index (χ3v) is 13.5. The molecule has 0 spiro atoms. The monoisotopic (exact) mass is 835 g/mol. The third kappa shape index (κ3) is 6.69. The van der Waals surface area contributed by atoms with Crippen molar-refractivity contribution in [2.45, 2.75) is 0 Å². The number of para-hydroxylation sites is 4. The normalized spacial score (nSPS) is 11.4. The fraction of sp³-hybridized carbons (Fsp3) is 0. The minimum atomic E-state index is 1.06. The molecule has 3 nitrogen and oxygen atoms in total. The van der Waals surface area contributed by atoms with Crippen LogP contribution in [0.1, 0.15) is 0 Å². The summed E-state index contributed by atoms with van der Waals surface area (Å²) < 4.78 is 4.97. The van der Waals surface area contributed by atoms with Crippen LogP contribution in [-0.2, 0) is 0 Å². The molecule has 2 heterocycles. The van der Waals surface area contributed by atoms with Crippen LogP contribution < -0.4 is 9.80 Å². The van der Waals surface area contributed by atoms with Crippen LogP contribution in [0, 0.1) is 0 Å². The van der Waals surface area contributed by atoms with Crippen LogP contribution in [-0.4, -0.2) is 4.57 Å². The summed E-state index contributed by atoms with van der Waals surface area (Å²) in [7, 11) is 0. The van der Waals surface area contributed by atoms with E-state index in [2.05, 4.69) is 263 Å². The van der Waals surface area contributed by atoms with Crippen LogP contribution in [0.15, 0.2) is 249 Å². The van der Waals surface area contributed by atoms with E-state index in [4.69, 9.17) is 0 Å². The Hall–Kier alpha value is -8.18. The molecule has 4 heteroatoms. The molecule has 12 rings (SSSR count). The molecule has 2 aromatic heterocycles. The lowest BCUT2D eigenvalue weighted by Gasteiger charge is -2.30. The second-order valence-electron chi connectivity index (χ2n) is 16.2. The SMILES string of the molecule is c1ccc(-c2ccc(N(c3ccccc3)c3cc(-c4ccc5sc6ccccc6c5c4)cc(N(c4ccccc4)c4ccc5c(c4)c4ccccc4n5-c4ccccc4)c3)cc2)cc1. The molecule has 0 saturated heterocycles. The lowest BCUT2D eigenvalue weighted by atomic mass is 9.99. The Kier molecular flexibility index (Phi) is 9.36. The van der Waals surface area contributed by atoms with E-state index in [1.807, 2.05) is 11.3 Å². The van der Waals surface area contributed by atoms with Gasteiger partial charge in [0.25, 0.3) is 0 Å². The van der Waals surface area contributed by atoms with Crippen molar-refractivity contribution in [3.8, 4) is 27.9 Å². The molecule has 0 fully saturated rings. The zero-order chi connectivity index (χ0) is 42.4. The van der Waals surface area contributed by atoms with Crippen molar-refractivity contribution in [3.63, 3.8) is 0 Å². The van der Waals surface area contributed by atoms with Gasteiger partial charge in [-0.1, -0.05) is 140 Å². The van der Waals surface area contributed by atoms with Crippen LogP contribution in [0.4, 0.5) is 34.1 Å². The van der Waals surface area contributed by atoms with Gasteiger partial charge in [0.15, 0.2) is 0 Å². The molecule has 0 radical (unpaired) electrons. The first-order chi connectivity index (χ1) is 31.7. The highest BCUT2D eigenvalue weighted by molar-refractivity contribution is 7.25. The number of aromatic nitrogens is 1. The molecule has 64 heavy (non-hydrogen) atoms. The number of hydrogen-bond acceptors (Lipinski definition) is 3. The predicted molar refractivity (Wildman–Crippen MR) is 274 cm³/mol. The number of benzene rings is 10. The molecule has 0 aliphatic rings. The Morgan fingerprint density at radius 1 is 0.266 bits per heavy atom. The second-order valence-corrected chi connectivity index (χ2v) is 17.3. The van der Waals surface area contributed by atoms with Crippen molar-refractivity contribution in [2.75, 3.05) is 9.80 Å². The van der Waals surface area contributed by atoms with Gasteiger partial charge in [0, 0.05) is 70.8 Å². The first-order valence-electron chi connectivity index (χ1n) is 21.7. The van der Waals surface area contributed by atoms with Crippen LogP contribution in [0.3, 0.4) is 0 Å². The largest absolute Gasteiger partial charge is 0.310 e. The van der Waals surface area contributed by atoms with Crippen molar-refractivity contribution in [1.29, 1.82) is 0 Å². The summed E-state index contributed by atoms with van der Waals surface area (Å²) in [5, 5.41) is 4.99. The zero-order valence-corrected chi connectivity index (χ0v) is 35.7. The van der Waals surface area contributed by atoms with E-state index in [-0.39, 0.29) is 0 Å². The molecule has 10 aromatic carbocycles. The van der Waals surface area contributed by atoms with Crippen LogP contribution in [0.2, 0.25) is 0 Å². The molecule has 12 aromatic rings. The summed E-state index contributed by atoms with van der Waals surface area (Å²) in [4.78, 5) is 4.81. The topological polar surface area (TPSA) is 11.4 Å². The first kappa shape index (κ1) is 37.6. The van der Waals surface area contributed by atoms with E-state index < -0.39 is 0 Å². The highest BCUT2D eigenvalue weighted by Gasteiger charge is 2.22. The maximum absolute atomic E-state index is 2.42. The first-order valence-corrected chi connectivity index (χ1v) is 22.6. The second kappa shape index (κ2) is 15.9. The molecule has 0 atom stereocenters. The summed E-state index contributed by atoms with van der Waals surface area (Å²) in [6.07, 6.45) is 0. The van der Waals surface area contributed by atoms with Gasteiger partial charge in [-0.05, 0) is 131 Å². The van der Waals surface area contributed by atoms with Gasteiger partial charge < -0.3 is 14.4 Å². The Balaban J connectivity index is 1.10. The average Bonchev–Trinajstić information content (AvgIpc) is 3.91. The summed E-state index contributed by atoms with van der Waals surface area (Å²) >= 11 is 1.85. The molecule has 0 bridgehead atoms. The fourth-order valence-corrected chi connectivity index (χ4v) is 10.4. The van der Waals surface area contributed by atoms with Crippen LogP contribution >= 0.6 is 11.3 Å². The van der Waals surface area contributed by atoms with Crippen molar-refractivity contribution < 1.29 is 0 Å². The van der Waals surface area contributed by atoms with Gasteiger partial charge in [0.05, 0.1) is 11.0 Å². The predicted octanol–water partition coefficient (Wildman–Crippen LogP) is 17.4. The summed E-state index contributed by atoms with van der Waals surface area (Å²) in [6, 6.07) is 90.3. The van der Waals surface area contributed by atoms with Gasteiger partial charge in [0.2, 0.25) is 0 Å². The highest BCUT2D eigenvalue weighted by Crippen LogP contribution is 2.46. The Morgan fingerprint density at radius 3 is 1.47 bits per heavy atom. The Bertz CT molecular complexity index is 3600. The molecule has 0 N–H and O–H groups in total. The van der Waals surface area contributed by atoms with E-state index >= 15 is 0 Å². The van der Waals surface area contributed by atoms with E-state index in [9.17, 15) is 0 Å². The number of anilines is 6. The Morgan fingerprint density at radius 2 is 0.766 bits per heavy atom. The number of nitrogens with zero attached hydrogens (tertiary/aromatic N) is 3. The maximum atomic E-state index is 2.42. The highest BCUT2D eigenvalue weighted by atomic mass is 32.1. The van der Waals surface area contributed by atoms with Gasteiger partial charge in [-0.3, -0.25) is 0 Å². The van der Waals surface area contributed by atoms with E-state index in [0.717, 1.165) is 45.4 Å². The lowest BCUT2D eigenvalue weighted by molar-refractivity contribution is 1.18. The van der Waals surface area contributed by atoms with Crippen LogP contribution in [0.25, 0.3) is 69.9 Å². The van der Waals surface area contributed by atoms with Crippen molar-refractivity contribution in [3.05, 3.63) is 249 Å². The summed E-state index contributed by atoms with van der Waals surface area (Å²) in [5.41, 5.74) is 14.6. The molecular formula is C60H41N3S. The minimum absolute atomic E-state index is 1.06. The molecule has 0 unspecified atom stereocenters. The minimum Gasteiger partial charge on any atom is -0.310 e. The van der Waals surface area contributed by atoms with Gasteiger partial charge in [-0.2, -0.15) is 0 Å². The molecule has 0 amide bonds. The lowest BCUT2D eigenvalue weighted by Crippen LogP contribution is -2.13. The molecule has 302 valence electrons. The standard InChI is InChI=1S/C60H41N3S/c1-5-17-42(18-6-1)43-29-32-49(33-30-43)61(46-19-7-2-8-20-46)51-37-45(44-31-36-60-56(39-44)54-26-14-16-28-59(54)64-60)38-52(40-51)62(47-21-9-3-10-22-47)50-34-35-58-55(41-50)53-25-13-15-27-57(53)63(58)48-23-11-4-12-24-48/h1-41H. The van der Waals surface area contributed by atoms with E-state index in [1.165, 1.54) is 58.7 Å². The van der Waals surface area contributed by atoms with Gasteiger partial charge in [-0.15, -0.1) is 11.3 Å². The number of thiophene rings is 1. The van der Waals surface area contributed by atoms with E-state index in [0.29, 0.717) is 0 Å². The molecule has 0 aliphatic heterocycles. The molecule has 0 aliphatic carbocycles. The third-order valence-electron chi connectivity index (χ3n) is 12.3. The summed E-state index contributed by atoms with van der Waals surface area (Å²) in [6.45, 7) is 0. The van der Waals surface area contributed by atoms with Crippen LogP contribution in [0.5, 0.6) is 0 Å². The number of rotatable bonds is 9. The van der Waals surface area contributed by atoms with Crippen molar-refractivity contribution >= 4 is 87.4 Å². The fourth-order valence-electron chi connectivity index (χ4n) is 9.36. The quantitative estimate of drug-likeness (QED) is 0.143.